The summed E-state index contributed by atoms with van der Waals surface area (Å²) in [6, 6.07) is 0. The Hall–Kier alpha value is -3.58. The highest BCUT2D eigenvalue weighted by Crippen LogP contribution is 2.26. The quantitative estimate of drug-likeness (QED) is 0.0229. The second kappa shape index (κ2) is 43.7. The molecule has 12 heteroatoms. The summed E-state index contributed by atoms with van der Waals surface area (Å²) in [6.07, 6.45) is 39.6. The summed E-state index contributed by atoms with van der Waals surface area (Å²) in [5.74, 6) is -3.28. The standard InChI is InChI=1S/C55H92O12/c1-4-7-10-13-16-19-21-23-24-26-27-30-32-35-38-41-47(56)63-44-46(65-48(57)42-39-36-33-29-18-15-12-9-6-3)45-64-55-53(51(60)50(59)52(67-55)54(61)62)66-49(58)43-40-37-34-31-28-25-22-20-17-14-11-8-5-2/h7,10,16,19,23-24,27,30,35,38,46,50-53,55,59-60H,4-6,8-9,11-15,17-18,20-22,25-26,28-29,31-34,36-37,39-45H2,1-3H3,(H,61,62)/b10-7-,19-16-,24-23-,30-27-,38-35-. The van der Waals surface area contributed by atoms with Gasteiger partial charge in [0.2, 0.25) is 0 Å². The molecule has 0 aromatic heterocycles. The first-order valence-electron chi connectivity index (χ1n) is 26.3. The van der Waals surface area contributed by atoms with Crippen LogP contribution in [-0.2, 0) is 42.9 Å². The molecule has 384 valence electrons. The lowest BCUT2D eigenvalue weighted by Crippen LogP contribution is -2.61. The Morgan fingerprint density at radius 2 is 0.925 bits per heavy atom. The van der Waals surface area contributed by atoms with Crippen LogP contribution in [0, 0.1) is 0 Å². The summed E-state index contributed by atoms with van der Waals surface area (Å²) in [6.45, 7) is 5.74. The fourth-order valence-corrected chi connectivity index (χ4v) is 7.62. The highest BCUT2D eigenvalue weighted by atomic mass is 16.7. The number of hydrogen-bond acceptors (Lipinski definition) is 11. The number of carbonyl (C=O) groups is 4. The normalized spacial score (nSPS) is 19.3. The van der Waals surface area contributed by atoms with Gasteiger partial charge in [0.15, 0.2) is 24.6 Å². The van der Waals surface area contributed by atoms with Crippen LogP contribution < -0.4 is 0 Å². The molecular formula is C55H92O12. The van der Waals surface area contributed by atoms with Gasteiger partial charge in [-0.2, -0.15) is 0 Å². The first-order chi connectivity index (χ1) is 32.6. The van der Waals surface area contributed by atoms with Gasteiger partial charge in [0.1, 0.15) is 18.8 Å². The van der Waals surface area contributed by atoms with E-state index in [1.54, 1.807) is 6.08 Å². The summed E-state index contributed by atoms with van der Waals surface area (Å²) in [7, 11) is 0. The average molecular weight is 945 g/mol. The zero-order valence-electron chi connectivity index (χ0n) is 41.9. The number of carboxylic acid groups (broad SMARTS) is 1. The number of allylic oxidation sites excluding steroid dienone is 9. The predicted octanol–water partition coefficient (Wildman–Crippen LogP) is 12.4. The molecule has 1 saturated heterocycles. The number of carbonyl (C=O) groups excluding carboxylic acids is 3. The van der Waals surface area contributed by atoms with E-state index in [-0.39, 0.29) is 25.9 Å². The third-order valence-electron chi connectivity index (χ3n) is 11.6. The Morgan fingerprint density at radius 3 is 1.37 bits per heavy atom. The summed E-state index contributed by atoms with van der Waals surface area (Å²) < 4.78 is 28.1. The van der Waals surface area contributed by atoms with E-state index in [2.05, 4.69) is 63.3 Å². The molecule has 0 amide bonds. The second-order valence-electron chi connectivity index (χ2n) is 17.8. The number of hydrogen-bond donors (Lipinski definition) is 3. The van der Waals surface area contributed by atoms with E-state index in [1.165, 1.54) is 83.5 Å². The van der Waals surface area contributed by atoms with Crippen LogP contribution in [0.3, 0.4) is 0 Å². The molecule has 0 aromatic carbocycles. The van der Waals surface area contributed by atoms with Gasteiger partial charge in [-0.15, -0.1) is 0 Å². The topological polar surface area (TPSA) is 175 Å². The smallest absolute Gasteiger partial charge is 0.335 e. The molecular weight excluding hydrogens is 853 g/mol. The number of carboxylic acids is 1. The van der Waals surface area contributed by atoms with Gasteiger partial charge in [0.05, 0.1) is 13.0 Å². The molecule has 0 bridgehead atoms. The summed E-state index contributed by atoms with van der Waals surface area (Å²) >= 11 is 0. The molecule has 12 nitrogen and oxygen atoms in total. The molecule has 0 saturated carbocycles. The van der Waals surface area contributed by atoms with Crippen molar-refractivity contribution in [3.63, 3.8) is 0 Å². The molecule has 6 atom stereocenters. The first-order valence-corrected chi connectivity index (χ1v) is 26.3. The van der Waals surface area contributed by atoms with E-state index >= 15 is 0 Å². The molecule has 1 aliphatic rings. The van der Waals surface area contributed by atoms with Crippen LogP contribution in [0.4, 0.5) is 0 Å². The van der Waals surface area contributed by atoms with Crippen molar-refractivity contribution in [1.29, 1.82) is 0 Å². The van der Waals surface area contributed by atoms with Crippen LogP contribution in [0.25, 0.3) is 0 Å². The number of aliphatic carboxylic acids is 1. The molecule has 67 heavy (non-hydrogen) atoms. The molecule has 1 heterocycles. The summed E-state index contributed by atoms with van der Waals surface area (Å²) in [5.41, 5.74) is 0. The van der Waals surface area contributed by atoms with Gasteiger partial charge in [-0.1, -0.05) is 210 Å². The lowest BCUT2D eigenvalue weighted by molar-refractivity contribution is -0.301. The maximum atomic E-state index is 13.0. The van der Waals surface area contributed by atoms with Gasteiger partial charge < -0.3 is 39.0 Å². The van der Waals surface area contributed by atoms with E-state index in [9.17, 15) is 34.5 Å². The van der Waals surface area contributed by atoms with E-state index in [1.807, 2.05) is 12.2 Å². The van der Waals surface area contributed by atoms with Crippen molar-refractivity contribution in [1.82, 2.24) is 0 Å². The van der Waals surface area contributed by atoms with Gasteiger partial charge in [0.25, 0.3) is 0 Å². The van der Waals surface area contributed by atoms with Crippen molar-refractivity contribution in [2.75, 3.05) is 13.2 Å². The fraction of sp³-hybridized carbons (Fsp3) is 0.745. The lowest BCUT2D eigenvalue weighted by atomic mass is 9.98. The van der Waals surface area contributed by atoms with E-state index < -0.39 is 67.3 Å². The van der Waals surface area contributed by atoms with E-state index in [0.717, 1.165) is 70.6 Å². The average Bonchev–Trinajstić information content (AvgIpc) is 3.31. The van der Waals surface area contributed by atoms with Crippen molar-refractivity contribution in [2.45, 2.75) is 250 Å². The number of ether oxygens (including phenoxy) is 5. The Morgan fingerprint density at radius 1 is 0.507 bits per heavy atom. The van der Waals surface area contributed by atoms with Crippen LogP contribution in [0.5, 0.6) is 0 Å². The van der Waals surface area contributed by atoms with Gasteiger partial charge >= 0.3 is 23.9 Å². The molecule has 3 N–H and O–H groups in total. The third-order valence-corrected chi connectivity index (χ3v) is 11.6. The number of unbranched alkanes of at least 4 members (excludes halogenated alkanes) is 20. The van der Waals surface area contributed by atoms with Gasteiger partial charge in [-0.3, -0.25) is 14.4 Å². The van der Waals surface area contributed by atoms with Crippen molar-refractivity contribution in [2.24, 2.45) is 0 Å². The van der Waals surface area contributed by atoms with E-state index in [4.69, 9.17) is 23.7 Å². The van der Waals surface area contributed by atoms with Crippen molar-refractivity contribution < 1.29 is 58.2 Å². The van der Waals surface area contributed by atoms with Gasteiger partial charge in [0, 0.05) is 12.8 Å². The Kier molecular flexibility index (Phi) is 40.1. The molecule has 0 radical (unpaired) electrons. The Labute approximate surface area is 405 Å². The Bertz CT molecular complexity index is 1400. The number of aliphatic hydroxyl groups is 2. The first kappa shape index (κ1) is 61.4. The molecule has 0 spiro atoms. The minimum Gasteiger partial charge on any atom is -0.479 e. The largest absolute Gasteiger partial charge is 0.479 e. The van der Waals surface area contributed by atoms with Crippen LogP contribution in [0.1, 0.15) is 213 Å². The molecule has 1 rings (SSSR count). The SMILES string of the molecule is CC/C=C\C/C=C\C/C=C\C/C=C\C/C=C\CC(=O)OCC(COC1OC(C(=O)O)C(O)C(O)C1OC(=O)CCCCCCCCCCCCCCC)OC(=O)CCCCCCCCCCC. The fourth-order valence-electron chi connectivity index (χ4n) is 7.62. The monoisotopic (exact) mass is 945 g/mol. The minimum atomic E-state index is -1.91. The Balaban J connectivity index is 2.76. The van der Waals surface area contributed by atoms with Gasteiger partial charge in [-0.05, 0) is 44.9 Å². The third kappa shape index (κ3) is 34.4. The lowest BCUT2D eigenvalue weighted by Gasteiger charge is -2.40. The maximum absolute atomic E-state index is 13.0. The zero-order valence-corrected chi connectivity index (χ0v) is 41.9. The predicted molar refractivity (Wildman–Crippen MR) is 266 cm³/mol. The van der Waals surface area contributed by atoms with Crippen molar-refractivity contribution in [3.8, 4) is 0 Å². The number of esters is 3. The maximum Gasteiger partial charge on any atom is 0.335 e. The highest BCUT2D eigenvalue weighted by Gasteiger charge is 2.50. The van der Waals surface area contributed by atoms with Crippen LogP contribution >= 0.6 is 0 Å². The number of aliphatic hydroxyl groups excluding tert-OH is 2. The summed E-state index contributed by atoms with van der Waals surface area (Å²) in [5, 5.41) is 31.3. The molecule has 0 aliphatic carbocycles. The van der Waals surface area contributed by atoms with E-state index in [0.29, 0.717) is 19.3 Å². The number of rotatable bonds is 43. The van der Waals surface area contributed by atoms with Gasteiger partial charge in [-0.25, -0.2) is 4.79 Å². The second-order valence-corrected chi connectivity index (χ2v) is 17.8. The molecule has 1 aliphatic heterocycles. The summed E-state index contributed by atoms with van der Waals surface area (Å²) in [4.78, 5) is 50.7. The van der Waals surface area contributed by atoms with Crippen LogP contribution in [-0.4, -0.2) is 89.2 Å². The molecule has 1 fully saturated rings. The van der Waals surface area contributed by atoms with Crippen LogP contribution in [0.2, 0.25) is 0 Å². The highest BCUT2D eigenvalue weighted by molar-refractivity contribution is 5.74. The van der Waals surface area contributed by atoms with Crippen molar-refractivity contribution >= 4 is 23.9 Å². The molecule has 0 aromatic rings. The van der Waals surface area contributed by atoms with Crippen LogP contribution in [0.15, 0.2) is 60.8 Å². The molecule has 6 unspecified atom stereocenters. The van der Waals surface area contributed by atoms with Crippen molar-refractivity contribution in [3.05, 3.63) is 60.8 Å². The minimum absolute atomic E-state index is 0.0130. The zero-order chi connectivity index (χ0) is 49.0.